The van der Waals surface area contributed by atoms with Gasteiger partial charge in [0.2, 0.25) is 5.91 Å². The van der Waals surface area contributed by atoms with Gasteiger partial charge in [-0.05, 0) is 29.0 Å². The number of nitrogens with one attached hydrogen (secondary N) is 1. The van der Waals surface area contributed by atoms with Crippen LogP contribution in [0.5, 0.6) is 0 Å². The topological polar surface area (TPSA) is 29.1 Å². The second-order valence-corrected chi connectivity index (χ2v) is 4.53. The summed E-state index contributed by atoms with van der Waals surface area (Å²) in [6.07, 6.45) is 0.267. The zero-order valence-electron chi connectivity index (χ0n) is 10.3. The van der Waals surface area contributed by atoms with Gasteiger partial charge in [0, 0.05) is 6.42 Å². The first-order chi connectivity index (χ1) is 9.20. The molecular weight excluding hydrogens is 261 g/mol. The second kappa shape index (κ2) is 6.38. The summed E-state index contributed by atoms with van der Waals surface area (Å²) in [4.78, 5) is 11.4. The van der Waals surface area contributed by atoms with E-state index in [9.17, 15) is 9.18 Å². The Kier molecular flexibility index (Phi) is 4.58. The number of carbonyl (C=O) groups is 1. The van der Waals surface area contributed by atoms with Gasteiger partial charge in [-0.25, -0.2) is 4.39 Å². The fourth-order valence-corrected chi connectivity index (χ4v) is 1.94. The van der Waals surface area contributed by atoms with Crippen LogP contribution in [0.1, 0.15) is 6.42 Å². The van der Waals surface area contributed by atoms with E-state index in [0.717, 1.165) is 11.1 Å². The first kappa shape index (κ1) is 13.6. The molecule has 0 spiro atoms. The van der Waals surface area contributed by atoms with Crippen molar-refractivity contribution in [3.8, 4) is 11.1 Å². The van der Waals surface area contributed by atoms with E-state index in [1.807, 2.05) is 30.3 Å². The van der Waals surface area contributed by atoms with Crippen LogP contribution in [0.25, 0.3) is 11.1 Å². The highest BCUT2D eigenvalue weighted by atomic mass is 32.1. The molecule has 0 aliphatic carbocycles. The molecule has 2 aromatic rings. The average molecular weight is 275 g/mol. The molecule has 0 unspecified atom stereocenters. The number of hydrogen-bond acceptors (Lipinski definition) is 2. The van der Waals surface area contributed by atoms with Gasteiger partial charge >= 0.3 is 0 Å². The first-order valence-electron chi connectivity index (χ1n) is 5.96. The molecule has 0 bridgehead atoms. The molecule has 4 heteroatoms. The van der Waals surface area contributed by atoms with Gasteiger partial charge in [-0.1, -0.05) is 36.4 Å². The van der Waals surface area contributed by atoms with E-state index in [0.29, 0.717) is 5.75 Å². The molecule has 0 radical (unpaired) electrons. The maximum Gasteiger partial charge on any atom is 0.225 e. The number of benzene rings is 2. The van der Waals surface area contributed by atoms with Gasteiger partial charge in [-0.15, -0.1) is 0 Å². The lowest BCUT2D eigenvalue weighted by Crippen LogP contribution is -2.12. The highest BCUT2D eigenvalue weighted by molar-refractivity contribution is 7.80. The van der Waals surface area contributed by atoms with Gasteiger partial charge in [-0.2, -0.15) is 12.6 Å². The number of carbonyl (C=O) groups excluding carboxylic acids is 1. The molecule has 2 rings (SSSR count). The lowest BCUT2D eigenvalue weighted by atomic mass is 10.1. The largest absolute Gasteiger partial charge is 0.324 e. The minimum Gasteiger partial charge on any atom is -0.324 e. The van der Waals surface area contributed by atoms with E-state index in [4.69, 9.17) is 0 Å². The SMILES string of the molecule is O=C(CCS)Nc1ccc(-c2ccccc2)cc1F. The molecule has 1 amide bonds. The number of hydrogen-bond donors (Lipinski definition) is 2. The first-order valence-corrected chi connectivity index (χ1v) is 6.59. The van der Waals surface area contributed by atoms with E-state index in [1.165, 1.54) is 6.07 Å². The zero-order valence-corrected chi connectivity index (χ0v) is 11.2. The van der Waals surface area contributed by atoms with Gasteiger partial charge in [0.25, 0.3) is 0 Å². The number of amides is 1. The van der Waals surface area contributed by atoms with Crippen molar-refractivity contribution in [1.82, 2.24) is 0 Å². The third kappa shape index (κ3) is 3.58. The Morgan fingerprint density at radius 2 is 1.84 bits per heavy atom. The van der Waals surface area contributed by atoms with Crippen LogP contribution in [-0.4, -0.2) is 11.7 Å². The van der Waals surface area contributed by atoms with Crippen LogP contribution in [0.3, 0.4) is 0 Å². The average Bonchev–Trinajstić information content (AvgIpc) is 2.42. The van der Waals surface area contributed by atoms with Gasteiger partial charge < -0.3 is 5.32 Å². The Bertz CT molecular complexity index is 572. The van der Waals surface area contributed by atoms with E-state index in [-0.39, 0.29) is 18.0 Å². The molecule has 0 aromatic heterocycles. The zero-order chi connectivity index (χ0) is 13.7. The second-order valence-electron chi connectivity index (χ2n) is 4.08. The number of thiol groups is 1. The molecule has 98 valence electrons. The Balaban J connectivity index is 2.20. The van der Waals surface area contributed by atoms with Crippen LogP contribution in [-0.2, 0) is 4.79 Å². The summed E-state index contributed by atoms with van der Waals surface area (Å²) >= 11 is 3.96. The van der Waals surface area contributed by atoms with E-state index < -0.39 is 5.82 Å². The smallest absolute Gasteiger partial charge is 0.225 e. The Hall–Kier alpha value is -1.81. The number of anilines is 1. The molecule has 0 heterocycles. The molecule has 2 aromatic carbocycles. The quantitative estimate of drug-likeness (QED) is 0.818. The van der Waals surface area contributed by atoms with Gasteiger partial charge in [-0.3, -0.25) is 4.79 Å². The summed E-state index contributed by atoms with van der Waals surface area (Å²) in [5.41, 5.74) is 1.92. The number of halogens is 1. The monoisotopic (exact) mass is 275 g/mol. The van der Waals surface area contributed by atoms with Crippen molar-refractivity contribution >= 4 is 24.2 Å². The van der Waals surface area contributed by atoms with Crippen LogP contribution >= 0.6 is 12.6 Å². The highest BCUT2D eigenvalue weighted by Gasteiger charge is 2.07. The maximum atomic E-state index is 13.9. The summed E-state index contributed by atoms with van der Waals surface area (Å²) in [5, 5.41) is 2.53. The Labute approximate surface area is 117 Å². The van der Waals surface area contributed by atoms with Crippen molar-refractivity contribution in [3.63, 3.8) is 0 Å². The molecule has 0 aliphatic rings. The minimum atomic E-state index is -0.436. The normalized spacial score (nSPS) is 10.2. The summed E-state index contributed by atoms with van der Waals surface area (Å²) in [5.74, 6) is -0.231. The summed E-state index contributed by atoms with van der Waals surface area (Å²) in [6.45, 7) is 0. The fourth-order valence-electron chi connectivity index (χ4n) is 1.74. The lowest BCUT2D eigenvalue weighted by molar-refractivity contribution is -0.115. The molecule has 1 N–H and O–H groups in total. The predicted molar refractivity (Wildman–Crippen MR) is 78.9 cm³/mol. The molecule has 2 nitrogen and oxygen atoms in total. The number of rotatable bonds is 4. The third-order valence-electron chi connectivity index (χ3n) is 2.69. The standard InChI is InChI=1S/C15H14FNOS/c16-13-10-12(11-4-2-1-3-5-11)6-7-14(13)17-15(18)8-9-19/h1-7,10,19H,8-9H2,(H,17,18). The van der Waals surface area contributed by atoms with Crippen molar-refractivity contribution in [2.45, 2.75) is 6.42 Å². The van der Waals surface area contributed by atoms with Crippen LogP contribution in [0.2, 0.25) is 0 Å². The van der Waals surface area contributed by atoms with Crippen LogP contribution < -0.4 is 5.32 Å². The Morgan fingerprint density at radius 1 is 1.11 bits per heavy atom. The molecule has 19 heavy (non-hydrogen) atoms. The molecule has 0 aliphatic heterocycles. The van der Waals surface area contributed by atoms with Gasteiger partial charge in [0.1, 0.15) is 5.82 Å². The van der Waals surface area contributed by atoms with Crippen LogP contribution in [0.15, 0.2) is 48.5 Å². The van der Waals surface area contributed by atoms with E-state index in [2.05, 4.69) is 17.9 Å². The van der Waals surface area contributed by atoms with Crippen molar-refractivity contribution in [2.75, 3.05) is 11.1 Å². The van der Waals surface area contributed by atoms with Gasteiger partial charge in [0.15, 0.2) is 0 Å². The molecule has 0 saturated carbocycles. The summed E-state index contributed by atoms with van der Waals surface area (Å²) in [7, 11) is 0. The predicted octanol–water partition coefficient (Wildman–Crippen LogP) is 3.75. The van der Waals surface area contributed by atoms with Crippen molar-refractivity contribution in [2.24, 2.45) is 0 Å². The van der Waals surface area contributed by atoms with Crippen molar-refractivity contribution < 1.29 is 9.18 Å². The van der Waals surface area contributed by atoms with Crippen molar-refractivity contribution in [1.29, 1.82) is 0 Å². The van der Waals surface area contributed by atoms with Crippen LogP contribution in [0, 0.1) is 5.82 Å². The van der Waals surface area contributed by atoms with E-state index in [1.54, 1.807) is 12.1 Å². The molecule has 0 fully saturated rings. The summed E-state index contributed by atoms with van der Waals surface area (Å²) < 4.78 is 13.9. The molecule has 0 saturated heterocycles. The van der Waals surface area contributed by atoms with Gasteiger partial charge in [0.05, 0.1) is 5.69 Å². The lowest BCUT2D eigenvalue weighted by Gasteiger charge is -2.08. The Morgan fingerprint density at radius 3 is 2.47 bits per heavy atom. The van der Waals surface area contributed by atoms with Crippen molar-refractivity contribution in [3.05, 3.63) is 54.3 Å². The highest BCUT2D eigenvalue weighted by Crippen LogP contribution is 2.24. The molecular formula is C15H14FNOS. The van der Waals surface area contributed by atoms with E-state index >= 15 is 0 Å². The fraction of sp³-hybridized carbons (Fsp3) is 0.133. The third-order valence-corrected chi connectivity index (χ3v) is 2.91. The molecule has 0 atom stereocenters. The minimum absolute atomic E-state index is 0.200. The maximum absolute atomic E-state index is 13.9. The van der Waals surface area contributed by atoms with Crippen LogP contribution in [0.4, 0.5) is 10.1 Å². The summed E-state index contributed by atoms with van der Waals surface area (Å²) in [6, 6.07) is 14.3.